The number of rotatable bonds is 10. The van der Waals surface area contributed by atoms with Crippen molar-refractivity contribution >= 4 is 35.3 Å². The number of benzene rings is 1. The Morgan fingerprint density at radius 1 is 1.02 bits per heavy atom. The van der Waals surface area contributed by atoms with Crippen LogP contribution in [0.15, 0.2) is 24.3 Å². The zero-order valence-corrected chi connectivity index (χ0v) is 26.6. The van der Waals surface area contributed by atoms with E-state index in [-0.39, 0.29) is 12.0 Å². The van der Waals surface area contributed by atoms with Gasteiger partial charge in [-0.3, -0.25) is 19.2 Å². The van der Waals surface area contributed by atoms with Gasteiger partial charge in [0.15, 0.2) is 0 Å². The van der Waals surface area contributed by atoms with Crippen LogP contribution >= 0.6 is 0 Å². The van der Waals surface area contributed by atoms with E-state index in [0.717, 1.165) is 32.1 Å². The summed E-state index contributed by atoms with van der Waals surface area (Å²) in [5.41, 5.74) is 0.00555. The minimum absolute atomic E-state index is 0.277. The summed E-state index contributed by atoms with van der Waals surface area (Å²) in [4.78, 5) is 67.9. The topological polar surface area (TPSA) is 134 Å². The maximum absolute atomic E-state index is 14.1. The highest BCUT2D eigenvalue weighted by Gasteiger charge is 2.51. The van der Waals surface area contributed by atoms with Crippen molar-refractivity contribution in [3.8, 4) is 0 Å². The molecule has 10 nitrogen and oxygen atoms in total. The number of carbonyl (C=O) groups is 5. The first kappa shape index (κ1) is 34.9. The summed E-state index contributed by atoms with van der Waals surface area (Å²) < 4.78 is 32.5. The SMILES string of the molecule is COC(=O)N[C@H](C(=O)N1CC2(CCCCC2)C[C@H]1C(=O)N[C@@H](CCC(C)(F)F)C(=O)C(=O)Nc1ccccc1C)C(C)(C)C. The zero-order valence-electron chi connectivity index (χ0n) is 26.6. The lowest BCUT2D eigenvalue weighted by Crippen LogP contribution is -2.59. The van der Waals surface area contributed by atoms with Crippen molar-refractivity contribution in [2.24, 2.45) is 10.8 Å². The number of para-hydroxylation sites is 1. The standard InChI is InChI=1S/C32H46F2N4O6/c1-20-12-8-9-13-21(20)35-27(41)24(39)22(14-17-31(5,33)34)36-26(40)23-18-32(15-10-7-11-16-32)19-38(23)28(42)25(30(2,3)4)37-29(43)44-6/h8-9,12-13,22-23,25H,7,10-11,14-19H2,1-6H3,(H,35,41)(H,36,40)(H,37,43)/t22-,23-,25+/m0/s1. The van der Waals surface area contributed by atoms with E-state index in [1.165, 1.54) is 12.0 Å². The third-order valence-electron chi connectivity index (χ3n) is 8.69. The molecule has 3 atom stereocenters. The number of halogens is 2. The molecular weight excluding hydrogens is 574 g/mol. The van der Waals surface area contributed by atoms with Crippen LogP contribution in [0.25, 0.3) is 0 Å². The summed E-state index contributed by atoms with van der Waals surface area (Å²) in [5.74, 6) is -6.42. The maximum Gasteiger partial charge on any atom is 0.407 e. The van der Waals surface area contributed by atoms with Crippen molar-refractivity contribution in [2.45, 2.75) is 110 Å². The van der Waals surface area contributed by atoms with E-state index in [9.17, 15) is 32.8 Å². The highest BCUT2D eigenvalue weighted by molar-refractivity contribution is 6.42. The Kier molecular flexibility index (Phi) is 11.1. The number of ether oxygens (including phenoxy) is 1. The van der Waals surface area contributed by atoms with Crippen LogP contribution in [0.4, 0.5) is 19.3 Å². The number of hydrogen-bond donors (Lipinski definition) is 3. The van der Waals surface area contributed by atoms with Crippen molar-refractivity contribution in [2.75, 3.05) is 19.0 Å². The summed E-state index contributed by atoms with van der Waals surface area (Å²) in [7, 11) is 1.19. The molecule has 44 heavy (non-hydrogen) atoms. The van der Waals surface area contributed by atoms with Crippen molar-refractivity contribution in [3.63, 3.8) is 0 Å². The fourth-order valence-corrected chi connectivity index (χ4v) is 6.17. The monoisotopic (exact) mass is 620 g/mol. The van der Waals surface area contributed by atoms with Crippen molar-refractivity contribution < 1.29 is 37.5 Å². The average molecular weight is 621 g/mol. The van der Waals surface area contributed by atoms with Gasteiger partial charge in [0.25, 0.3) is 5.91 Å². The number of alkyl halides is 2. The summed E-state index contributed by atoms with van der Waals surface area (Å²) >= 11 is 0. The molecule has 1 saturated carbocycles. The second-order valence-corrected chi connectivity index (χ2v) is 13.5. The van der Waals surface area contributed by atoms with E-state index < -0.39 is 71.9 Å². The molecule has 1 aromatic carbocycles. The predicted octanol–water partition coefficient (Wildman–Crippen LogP) is 4.74. The Morgan fingerprint density at radius 2 is 1.66 bits per heavy atom. The van der Waals surface area contributed by atoms with Crippen LogP contribution in [0.2, 0.25) is 0 Å². The fraction of sp³-hybridized carbons (Fsp3) is 0.656. The van der Waals surface area contributed by atoms with E-state index in [1.54, 1.807) is 52.0 Å². The van der Waals surface area contributed by atoms with Gasteiger partial charge < -0.3 is 25.6 Å². The van der Waals surface area contributed by atoms with Gasteiger partial charge in [-0.1, -0.05) is 58.2 Å². The van der Waals surface area contributed by atoms with Gasteiger partial charge in [0.2, 0.25) is 23.5 Å². The number of nitrogens with one attached hydrogen (secondary N) is 3. The highest BCUT2D eigenvalue weighted by atomic mass is 19.3. The molecular formula is C32H46F2N4O6. The fourth-order valence-electron chi connectivity index (χ4n) is 6.17. The maximum atomic E-state index is 14.1. The Labute approximate surface area is 258 Å². The number of amides is 4. The molecule has 3 rings (SSSR count). The van der Waals surface area contributed by atoms with Gasteiger partial charge in [-0.15, -0.1) is 0 Å². The van der Waals surface area contributed by atoms with Gasteiger partial charge in [-0.25, -0.2) is 13.6 Å². The quantitative estimate of drug-likeness (QED) is 0.324. The molecule has 1 heterocycles. The Morgan fingerprint density at radius 3 is 2.23 bits per heavy atom. The smallest absolute Gasteiger partial charge is 0.407 e. The van der Waals surface area contributed by atoms with Crippen LogP contribution in [0.3, 0.4) is 0 Å². The van der Waals surface area contributed by atoms with Gasteiger partial charge >= 0.3 is 6.09 Å². The minimum Gasteiger partial charge on any atom is -0.453 e. The normalized spacial score (nSPS) is 19.5. The number of carbonyl (C=O) groups excluding carboxylic acids is 5. The van der Waals surface area contributed by atoms with E-state index in [1.807, 2.05) is 0 Å². The lowest BCUT2D eigenvalue weighted by Gasteiger charge is -2.36. The molecule has 4 amide bonds. The van der Waals surface area contributed by atoms with Crippen molar-refractivity contribution in [3.05, 3.63) is 29.8 Å². The number of aryl methyl sites for hydroxylation is 1. The van der Waals surface area contributed by atoms with E-state index >= 15 is 0 Å². The molecule has 0 bridgehead atoms. The van der Waals surface area contributed by atoms with Gasteiger partial charge in [-0.05, 0) is 62.0 Å². The van der Waals surface area contributed by atoms with E-state index in [4.69, 9.17) is 4.74 Å². The zero-order chi connectivity index (χ0) is 32.9. The number of alkyl carbamates (subject to hydrolysis) is 1. The number of ketones is 1. The molecule has 1 aliphatic carbocycles. The number of likely N-dealkylation sites (tertiary alicyclic amines) is 1. The molecule has 0 unspecified atom stereocenters. The molecule has 0 aromatic heterocycles. The largest absolute Gasteiger partial charge is 0.453 e. The predicted molar refractivity (Wildman–Crippen MR) is 161 cm³/mol. The van der Waals surface area contributed by atoms with Crippen LogP contribution < -0.4 is 16.0 Å². The summed E-state index contributed by atoms with van der Waals surface area (Å²) in [6.07, 6.45) is 2.82. The Hall–Kier alpha value is -3.57. The van der Waals surface area contributed by atoms with Crippen LogP contribution in [-0.4, -0.2) is 72.2 Å². The van der Waals surface area contributed by atoms with Gasteiger partial charge in [0.1, 0.15) is 12.1 Å². The lowest BCUT2D eigenvalue weighted by atomic mass is 9.72. The van der Waals surface area contributed by atoms with Crippen LogP contribution in [0.1, 0.15) is 84.6 Å². The minimum atomic E-state index is -3.14. The van der Waals surface area contributed by atoms with Crippen LogP contribution in [0.5, 0.6) is 0 Å². The molecule has 3 N–H and O–H groups in total. The average Bonchev–Trinajstić information content (AvgIpc) is 3.32. The van der Waals surface area contributed by atoms with Gasteiger partial charge in [0, 0.05) is 18.7 Å². The lowest BCUT2D eigenvalue weighted by molar-refractivity contribution is -0.143. The first-order chi connectivity index (χ1) is 20.5. The molecule has 0 radical (unpaired) electrons. The summed E-state index contributed by atoms with van der Waals surface area (Å²) in [6.45, 7) is 8.05. The Bertz CT molecular complexity index is 1240. The third kappa shape index (κ3) is 8.98. The number of anilines is 1. The molecule has 1 aromatic rings. The molecule has 2 fully saturated rings. The Balaban J connectivity index is 1.90. The molecule has 12 heteroatoms. The number of nitrogens with zero attached hydrogens (tertiary/aromatic N) is 1. The molecule has 244 valence electrons. The summed E-state index contributed by atoms with van der Waals surface area (Å²) in [5, 5.41) is 7.67. The first-order valence-corrected chi connectivity index (χ1v) is 15.2. The molecule has 1 aliphatic heterocycles. The van der Waals surface area contributed by atoms with Crippen molar-refractivity contribution in [1.82, 2.24) is 15.5 Å². The molecule has 2 aliphatic rings. The van der Waals surface area contributed by atoms with Gasteiger partial charge in [0.05, 0.1) is 13.2 Å². The van der Waals surface area contributed by atoms with Crippen molar-refractivity contribution in [1.29, 1.82) is 0 Å². The second kappa shape index (κ2) is 14.0. The van der Waals surface area contributed by atoms with Crippen LogP contribution in [0, 0.1) is 17.8 Å². The highest BCUT2D eigenvalue weighted by Crippen LogP contribution is 2.47. The first-order valence-electron chi connectivity index (χ1n) is 15.2. The number of methoxy groups -OCH3 is 1. The number of hydrogen-bond acceptors (Lipinski definition) is 6. The van der Waals surface area contributed by atoms with E-state index in [0.29, 0.717) is 24.6 Å². The van der Waals surface area contributed by atoms with Gasteiger partial charge in [-0.2, -0.15) is 0 Å². The summed E-state index contributed by atoms with van der Waals surface area (Å²) in [6, 6.07) is 3.19. The second-order valence-electron chi connectivity index (χ2n) is 13.5. The number of Topliss-reactive ketones (excluding diaryl/α,β-unsaturated/α-hetero) is 1. The third-order valence-corrected chi connectivity index (χ3v) is 8.69. The molecule has 1 spiro atoms. The van der Waals surface area contributed by atoms with E-state index in [2.05, 4.69) is 16.0 Å². The van der Waals surface area contributed by atoms with Crippen LogP contribution in [-0.2, 0) is 23.9 Å². The molecule has 1 saturated heterocycles.